The molecule has 0 saturated carbocycles. The van der Waals surface area contributed by atoms with Crippen LogP contribution in [0.2, 0.25) is 0 Å². The van der Waals surface area contributed by atoms with E-state index in [4.69, 9.17) is 17.0 Å². The van der Waals surface area contributed by atoms with Crippen LogP contribution in [0.5, 0.6) is 5.75 Å². The zero-order valence-electron chi connectivity index (χ0n) is 18.3. The Morgan fingerprint density at radius 2 is 1.57 bits per heavy atom. The Morgan fingerprint density at radius 3 is 2.14 bits per heavy atom. The van der Waals surface area contributed by atoms with Crippen LogP contribution in [0.4, 0.5) is 17.1 Å². The molecule has 35 heavy (non-hydrogen) atoms. The first-order valence-corrected chi connectivity index (χ1v) is 11.9. The van der Waals surface area contributed by atoms with Gasteiger partial charge in [0.05, 0.1) is 16.9 Å². The number of hydrogen-bond donors (Lipinski definition) is 3. The van der Waals surface area contributed by atoms with E-state index in [1.807, 2.05) is 0 Å². The summed E-state index contributed by atoms with van der Waals surface area (Å²) in [5.74, 6) is 0.0945. The summed E-state index contributed by atoms with van der Waals surface area (Å²) >= 11 is 5.11. The summed E-state index contributed by atoms with van der Waals surface area (Å²) in [4.78, 5) is 22.3. The molecule has 0 unspecified atom stereocenters. The number of carbonyl (C=O) groups is 1. The highest BCUT2D eigenvalue weighted by Crippen LogP contribution is 2.20. The molecule has 0 heterocycles. The second-order valence-electron chi connectivity index (χ2n) is 6.98. The molecule has 0 aliphatic rings. The molecule has 0 atom stereocenters. The van der Waals surface area contributed by atoms with Crippen LogP contribution in [0.25, 0.3) is 6.08 Å². The van der Waals surface area contributed by atoms with Gasteiger partial charge in [-0.3, -0.25) is 24.9 Å². The molecule has 3 rings (SSSR count). The van der Waals surface area contributed by atoms with Gasteiger partial charge in [0.1, 0.15) is 5.75 Å². The van der Waals surface area contributed by atoms with Crippen molar-refractivity contribution < 1.29 is 22.9 Å². The number of thiocarbonyl (C=S) groups is 1. The second kappa shape index (κ2) is 11.2. The van der Waals surface area contributed by atoms with Crippen LogP contribution in [0.15, 0.2) is 83.8 Å². The fraction of sp³-hybridized carbons (Fsp3) is 0.0435. The molecule has 0 bridgehead atoms. The van der Waals surface area contributed by atoms with Crippen LogP contribution in [0.1, 0.15) is 5.56 Å². The van der Waals surface area contributed by atoms with Gasteiger partial charge in [-0.1, -0.05) is 0 Å². The van der Waals surface area contributed by atoms with Gasteiger partial charge in [-0.05, 0) is 84.5 Å². The number of ether oxygens (including phenoxy) is 1. The average Bonchev–Trinajstić information content (AvgIpc) is 2.83. The average molecular weight is 513 g/mol. The normalized spacial score (nSPS) is 11.0. The van der Waals surface area contributed by atoms with Crippen LogP contribution in [-0.2, 0) is 14.8 Å². The Labute approximate surface area is 206 Å². The number of methoxy groups -OCH3 is 1. The summed E-state index contributed by atoms with van der Waals surface area (Å²) in [6.45, 7) is 0. The maximum absolute atomic E-state index is 12.6. The van der Waals surface area contributed by atoms with Crippen molar-refractivity contribution in [1.82, 2.24) is 5.32 Å². The molecular formula is C23H20N4O6S2. The summed E-state index contributed by atoms with van der Waals surface area (Å²) in [7, 11) is -2.29. The molecule has 10 nitrogen and oxygen atoms in total. The fourth-order valence-corrected chi connectivity index (χ4v) is 4.06. The number of anilines is 2. The van der Waals surface area contributed by atoms with Gasteiger partial charge in [0.15, 0.2) is 5.11 Å². The maximum Gasteiger partial charge on any atom is 0.269 e. The standard InChI is InChI=1S/C23H20N4O6S2/c1-33-20-11-5-18(6-12-20)26-35(31,32)21-13-7-17(8-14-21)24-23(34)25-22(28)15-4-16-2-9-19(10-3-16)27(29)30/h2-15,26H,1H3,(H2,24,25,28,34)/b15-4+. The lowest BCUT2D eigenvalue weighted by Crippen LogP contribution is -2.32. The Bertz CT molecular complexity index is 1350. The largest absolute Gasteiger partial charge is 0.497 e. The van der Waals surface area contributed by atoms with Crippen molar-refractivity contribution in [2.24, 2.45) is 0 Å². The van der Waals surface area contributed by atoms with Gasteiger partial charge < -0.3 is 10.1 Å². The van der Waals surface area contributed by atoms with E-state index >= 15 is 0 Å². The number of non-ortho nitro benzene ring substituents is 1. The summed E-state index contributed by atoms with van der Waals surface area (Å²) in [5.41, 5.74) is 1.41. The predicted molar refractivity (Wildman–Crippen MR) is 137 cm³/mol. The van der Waals surface area contributed by atoms with Gasteiger partial charge in [0.2, 0.25) is 5.91 Å². The number of rotatable bonds is 8. The van der Waals surface area contributed by atoms with E-state index in [0.717, 1.165) is 0 Å². The number of carbonyl (C=O) groups excluding carboxylic acids is 1. The molecule has 12 heteroatoms. The van der Waals surface area contributed by atoms with Crippen molar-refractivity contribution >= 4 is 56.4 Å². The molecule has 1 amide bonds. The molecule has 3 aromatic carbocycles. The molecular weight excluding hydrogens is 492 g/mol. The summed E-state index contributed by atoms with van der Waals surface area (Å²) < 4.78 is 32.7. The summed E-state index contributed by atoms with van der Waals surface area (Å²) in [6, 6.07) is 18.0. The Hall–Kier alpha value is -4.29. The van der Waals surface area contributed by atoms with Crippen molar-refractivity contribution in [3.63, 3.8) is 0 Å². The Morgan fingerprint density at radius 1 is 0.971 bits per heavy atom. The summed E-state index contributed by atoms with van der Waals surface area (Å²) in [6.07, 6.45) is 2.72. The quantitative estimate of drug-likeness (QED) is 0.179. The van der Waals surface area contributed by atoms with Gasteiger partial charge in [0, 0.05) is 29.6 Å². The van der Waals surface area contributed by atoms with E-state index in [2.05, 4.69) is 15.4 Å². The van der Waals surface area contributed by atoms with Gasteiger partial charge in [-0.2, -0.15) is 0 Å². The van der Waals surface area contributed by atoms with Crippen molar-refractivity contribution in [2.45, 2.75) is 4.90 Å². The van der Waals surface area contributed by atoms with Crippen LogP contribution in [0, 0.1) is 10.1 Å². The van der Waals surface area contributed by atoms with Gasteiger partial charge in [-0.25, -0.2) is 8.42 Å². The van der Waals surface area contributed by atoms with Crippen LogP contribution in [0.3, 0.4) is 0 Å². The number of amides is 1. The van der Waals surface area contributed by atoms with Gasteiger partial charge >= 0.3 is 0 Å². The third-order valence-corrected chi connectivity index (χ3v) is 6.13. The van der Waals surface area contributed by atoms with Crippen molar-refractivity contribution in [2.75, 3.05) is 17.1 Å². The van der Waals surface area contributed by atoms with Gasteiger partial charge in [-0.15, -0.1) is 0 Å². The fourth-order valence-electron chi connectivity index (χ4n) is 2.79. The molecule has 0 radical (unpaired) electrons. The first-order chi connectivity index (χ1) is 16.7. The molecule has 0 aliphatic heterocycles. The molecule has 0 spiro atoms. The zero-order valence-corrected chi connectivity index (χ0v) is 19.9. The van der Waals surface area contributed by atoms with E-state index in [0.29, 0.717) is 22.7 Å². The summed E-state index contributed by atoms with van der Waals surface area (Å²) in [5, 5.41) is 15.9. The highest BCUT2D eigenvalue weighted by Gasteiger charge is 2.14. The van der Waals surface area contributed by atoms with Crippen LogP contribution in [-0.4, -0.2) is 31.5 Å². The number of nitrogens with one attached hydrogen (secondary N) is 3. The van der Waals surface area contributed by atoms with Crippen LogP contribution < -0.4 is 20.1 Å². The lowest BCUT2D eigenvalue weighted by molar-refractivity contribution is -0.384. The predicted octanol–water partition coefficient (Wildman–Crippen LogP) is 3.93. The first kappa shape index (κ1) is 25.3. The minimum Gasteiger partial charge on any atom is -0.497 e. The molecule has 180 valence electrons. The Balaban J connectivity index is 1.54. The number of hydrogen-bond acceptors (Lipinski definition) is 7. The van der Waals surface area contributed by atoms with E-state index in [1.54, 1.807) is 24.3 Å². The minimum atomic E-state index is -3.81. The zero-order chi connectivity index (χ0) is 25.4. The molecule has 3 aromatic rings. The van der Waals surface area contributed by atoms with Crippen molar-refractivity contribution in [3.05, 3.63) is 94.6 Å². The molecule has 3 N–H and O–H groups in total. The molecule has 0 aromatic heterocycles. The molecule has 0 fully saturated rings. The van der Waals surface area contributed by atoms with Crippen molar-refractivity contribution in [3.8, 4) is 5.75 Å². The third-order valence-electron chi connectivity index (χ3n) is 4.53. The molecule has 0 aliphatic carbocycles. The van der Waals surface area contributed by atoms with Crippen LogP contribution >= 0.6 is 12.2 Å². The number of benzene rings is 3. The smallest absolute Gasteiger partial charge is 0.269 e. The number of nitro benzene ring substituents is 1. The third kappa shape index (κ3) is 7.35. The first-order valence-electron chi connectivity index (χ1n) is 9.98. The highest BCUT2D eigenvalue weighted by molar-refractivity contribution is 7.92. The highest BCUT2D eigenvalue weighted by atomic mass is 32.2. The number of nitrogens with zero attached hydrogens (tertiary/aromatic N) is 1. The van der Waals surface area contributed by atoms with Gasteiger partial charge in [0.25, 0.3) is 15.7 Å². The maximum atomic E-state index is 12.6. The van der Waals surface area contributed by atoms with E-state index < -0.39 is 20.9 Å². The number of nitro groups is 1. The Kier molecular flexibility index (Phi) is 8.12. The van der Waals surface area contributed by atoms with E-state index in [9.17, 15) is 23.3 Å². The number of sulfonamides is 1. The van der Waals surface area contributed by atoms with E-state index in [-0.39, 0.29) is 15.7 Å². The molecule has 0 saturated heterocycles. The second-order valence-corrected chi connectivity index (χ2v) is 9.07. The SMILES string of the molecule is COc1ccc(NS(=O)(=O)c2ccc(NC(=S)NC(=O)/C=C/c3ccc([N+](=O)[O-])cc3)cc2)cc1. The lowest BCUT2D eigenvalue weighted by atomic mass is 10.2. The topological polar surface area (TPSA) is 140 Å². The minimum absolute atomic E-state index is 0.00955. The lowest BCUT2D eigenvalue weighted by Gasteiger charge is -2.11. The van der Waals surface area contributed by atoms with E-state index in [1.165, 1.54) is 67.8 Å². The van der Waals surface area contributed by atoms with Crippen molar-refractivity contribution in [1.29, 1.82) is 0 Å². The monoisotopic (exact) mass is 512 g/mol.